The van der Waals surface area contributed by atoms with Crippen LogP contribution in [0.5, 0.6) is 0 Å². The molecular weight excluding hydrogens is 286 g/mol. The summed E-state index contributed by atoms with van der Waals surface area (Å²) in [6.07, 6.45) is 3.65. The molecule has 2 heteroatoms. The fourth-order valence-electron chi connectivity index (χ4n) is 2.29. The van der Waals surface area contributed by atoms with Crippen molar-refractivity contribution in [2.24, 2.45) is 5.41 Å². The molecule has 0 radical (unpaired) electrons. The van der Waals surface area contributed by atoms with E-state index in [0.29, 0.717) is 11.5 Å². The van der Waals surface area contributed by atoms with E-state index in [9.17, 15) is 0 Å². The normalized spacial score (nSPS) is 13.6. The summed E-state index contributed by atoms with van der Waals surface area (Å²) in [5.41, 5.74) is 1.77. The molecule has 0 heterocycles. The second kappa shape index (κ2) is 7.30. The zero-order valence-electron chi connectivity index (χ0n) is 12.1. The zero-order chi connectivity index (χ0) is 13.6. The van der Waals surface area contributed by atoms with Gasteiger partial charge in [0, 0.05) is 10.5 Å². The van der Waals surface area contributed by atoms with E-state index >= 15 is 0 Å². The maximum absolute atomic E-state index is 3.61. The van der Waals surface area contributed by atoms with Crippen LogP contribution < -0.4 is 5.32 Å². The maximum Gasteiger partial charge on any atom is 0.0177 e. The van der Waals surface area contributed by atoms with Gasteiger partial charge in [0.05, 0.1) is 0 Å². The minimum atomic E-state index is 0.341. The first-order valence-corrected chi connectivity index (χ1v) is 7.70. The third-order valence-corrected chi connectivity index (χ3v) is 3.84. The van der Waals surface area contributed by atoms with E-state index in [2.05, 4.69) is 73.2 Å². The molecule has 0 saturated heterocycles. The summed E-state index contributed by atoms with van der Waals surface area (Å²) in [4.78, 5) is 0. The molecule has 0 aliphatic carbocycles. The smallest absolute Gasteiger partial charge is 0.0177 e. The van der Waals surface area contributed by atoms with Gasteiger partial charge in [0.1, 0.15) is 0 Å². The minimum absolute atomic E-state index is 0.341. The average molecular weight is 312 g/mol. The Bertz CT molecular complexity index is 354. The quantitative estimate of drug-likeness (QED) is 0.796. The lowest BCUT2D eigenvalue weighted by Crippen LogP contribution is -2.40. The van der Waals surface area contributed by atoms with Crippen molar-refractivity contribution in [2.75, 3.05) is 6.54 Å². The highest BCUT2D eigenvalue weighted by Gasteiger charge is 2.22. The number of aryl methyl sites for hydroxylation is 1. The van der Waals surface area contributed by atoms with E-state index in [1.54, 1.807) is 0 Å². The van der Waals surface area contributed by atoms with E-state index < -0.39 is 0 Å². The molecule has 0 amide bonds. The van der Waals surface area contributed by atoms with E-state index in [-0.39, 0.29) is 0 Å². The topological polar surface area (TPSA) is 12.0 Å². The van der Waals surface area contributed by atoms with E-state index in [1.165, 1.54) is 22.9 Å². The molecule has 1 aromatic carbocycles. The molecule has 0 fully saturated rings. The molecular formula is C16H26BrN. The largest absolute Gasteiger partial charge is 0.314 e. The molecule has 0 spiro atoms. The molecule has 1 nitrogen and oxygen atoms in total. The Morgan fingerprint density at radius 3 is 2.56 bits per heavy atom. The molecule has 102 valence electrons. The third-order valence-electron chi connectivity index (χ3n) is 3.34. The Kier molecular flexibility index (Phi) is 6.37. The van der Waals surface area contributed by atoms with Gasteiger partial charge in [-0.3, -0.25) is 0 Å². The van der Waals surface area contributed by atoms with Crippen LogP contribution in [0.25, 0.3) is 0 Å². The maximum atomic E-state index is 3.61. The highest BCUT2D eigenvalue weighted by atomic mass is 79.9. The number of nitrogens with one attached hydrogen (secondary N) is 1. The van der Waals surface area contributed by atoms with Crippen molar-refractivity contribution < 1.29 is 0 Å². The summed E-state index contributed by atoms with van der Waals surface area (Å²) >= 11 is 3.53. The number of hydrogen-bond donors (Lipinski definition) is 1. The molecule has 1 unspecified atom stereocenters. The van der Waals surface area contributed by atoms with Crippen LogP contribution in [-0.2, 0) is 6.42 Å². The van der Waals surface area contributed by atoms with Gasteiger partial charge in [-0.15, -0.1) is 0 Å². The van der Waals surface area contributed by atoms with Crippen LogP contribution in [-0.4, -0.2) is 12.6 Å². The fraction of sp³-hybridized carbons (Fsp3) is 0.625. The van der Waals surface area contributed by atoms with Gasteiger partial charge in [0.2, 0.25) is 0 Å². The molecule has 0 bridgehead atoms. The predicted molar refractivity (Wildman–Crippen MR) is 84.0 cm³/mol. The second-order valence-electron chi connectivity index (χ2n) is 6.00. The number of benzene rings is 1. The highest BCUT2D eigenvalue weighted by molar-refractivity contribution is 9.10. The van der Waals surface area contributed by atoms with Crippen LogP contribution in [0.2, 0.25) is 0 Å². The van der Waals surface area contributed by atoms with Gasteiger partial charge in [0.25, 0.3) is 0 Å². The first-order chi connectivity index (χ1) is 8.43. The summed E-state index contributed by atoms with van der Waals surface area (Å²) < 4.78 is 1.18. The Hall–Kier alpha value is -0.340. The van der Waals surface area contributed by atoms with Crippen molar-refractivity contribution in [3.8, 4) is 0 Å². The lowest BCUT2D eigenvalue weighted by molar-refractivity contribution is 0.254. The van der Waals surface area contributed by atoms with Gasteiger partial charge < -0.3 is 5.32 Å². The molecule has 1 atom stereocenters. The van der Waals surface area contributed by atoms with Gasteiger partial charge in [-0.2, -0.15) is 0 Å². The Balaban J connectivity index is 2.44. The van der Waals surface area contributed by atoms with Crippen LogP contribution in [0.1, 0.15) is 46.1 Å². The average Bonchev–Trinajstić information content (AvgIpc) is 2.27. The van der Waals surface area contributed by atoms with E-state index in [0.717, 1.165) is 13.0 Å². The fourth-order valence-corrected chi connectivity index (χ4v) is 2.74. The Morgan fingerprint density at radius 1 is 1.28 bits per heavy atom. The minimum Gasteiger partial charge on any atom is -0.314 e. The zero-order valence-corrected chi connectivity index (χ0v) is 13.7. The third kappa shape index (κ3) is 5.53. The Morgan fingerprint density at radius 2 is 2.00 bits per heavy atom. The lowest BCUT2D eigenvalue weighted by Gasteiger charge is -2.31. The van der Waals surface area contributed by atoms with E-state index in [1.807, 2.05) is 0 Å². The van der Waals surface area contributed by atoms with Crippen molar-refractivity contribution in [1.29, 1.82) is 0 Å². The van der Waals surface area contributed by atoms with Crippen LogP contribution in [0, 0.1) is 5.41 Å². The second-order valence-corrected chi connectivity index (χ2v) is 6.91. The SMILES string of the molecule is CCNC(CCCc1cccc(Br)c1)C(C)(C)C. The first-order valence-electron chi connectivity index (χ1n) is 6.91. The Labute approximate surface area is 120 Å². The van der Waals surface area contributed by atoms with Gasteiger partial charge >= 0.3 is 0 Å². The van der Waals surface area contributed by atoms with Crippen molar-refractivity contribution in [1.82, 2.24) is 5.32 Å². The number of hydrogen-bond acceptors (Lipinski definition) is 1. The van der Waals surface area contributed by atoms with Gasteiger partial charge in [-0.25, -0.2) is 0 Å². The molecule has 1 aromatic rings. The van der Waals surface area contributed by atoms with Gasteiger partial charge in [-0.1, -0.05) is 55.8 Å². The molecule has 0 aromatic heterocycles. The predicted octanol–water partition coefficient (Wildman–Crippen LogP) is 4.80. The van der Waals surface area contributed by atoms with Crippen LogP contribution in [0.15, 0.2) is 28.7 Å². The van der Waals surface area contributed by atoms with Crippen molar-refractivity contribution in [2.45, 2.75) is 53.0 Å². The van der Waals surface area contributed by atoms with Crippen molar-refractivity contribution in [3.63, 3.8) is 0 Å². The summed E-state index contributed by atoms with van der Waals surface area (Å²) in [6.45, 7) is 10.2. The number of rotatable bonds is 6. The summed E-state index contributed by atoms with van der Waals surface area (Å²) in [5, 5.41) is 3.61. The van der Waals surface area contributed by atoms with Gasteiger partial charge in [0.15, 0.2) is 0 Å². The first kappa shape index (κ1) is 15.7. The molecule has 0 aliphatic heterocycles. The van der Waals surface area contributed by atoms with Crippen LogP contribution >= 0.6 is 15.9 Å². The summed E-state index contributed by atoms with van der Waals surface area (Å²) in [6, 6.07) is 9.24. The van der Waals surface area contributed by atoms with Gasteiger partial charge in [-0.05, 0) is 48.9 Å². The lowest BCUT2D eigenvalue weighted by atomic mass is 9.83. The van der Waals surface area contributed by atoms with Crippen molar-refractivity contribution in [3.05, 3.63) is 34.3 Å². The van der Waals surface area contributed by atoms with Crippen molar-refractivity contribution >= 4 is 15.9 Å². The molecule has 0 aliphatic rings. The molecule has 18 heavy (non-hydrogen) atoms. The standard InChI is InChI=1S/C16H26BrN/c1-5-18-15(16(2,3)4)11-7-9-13-8-6-10-14(17)12-13/h6,8,10,12,15,18H,5,7,9,11H2,1-4H3. The summed E-state index contributed by atoms with van der Waals surface area (Å²) in [5.74, 6) is 0. The van der Waals surface area contributed by atoms with Crippen LogP contribution in [0.3, 0.4) is 0 Å². The monoisotopic (exact) mass is 311 g/mol. The molecule has 1 N–H and O–H groups in total. The summed E-state index contributed by atoms with van der Waals surface area (Å²) in [7, 11) is 0. The van der Waals surface area contributed by atoms with Crippen LogP contribution in [0.4, 0.5) is 0 Å². The van der Waals surface area contributed by atoms with E-state index in [4.69, 9.17) is 0 Å². The number of halogens is 1. The highest BCUT2D eigenvalue weighted by Crippen LogP contribution is 2.24. The molecule has 0 saturated carbocycles. The molecule has 1 rings (SSSR count).